The van der Waals surface area contributed by atoms with Crippen LogP contribution in [0.2, 0.25) is 5.02 Å². The van der Waals surface area contributed by atoms with Gasteiger partial charge in [-0.2, -0.15) is 0 Å². The third-order valence-electron chi connectivity index (χ3n) is 6.48. The lowest BCUT2D eigenvalue weighted by Gasteiger charge is -2.32. The first-order valence-electron chi connectivity index (χ1n) is 13.1. The molecule has 0 unspecified atom stereocenters. The Hall–Kier alpha value is -3.36. The van der Waals surface area contributed by atoms with Gasteiger partial charge in [-0.15, -0.1) is 0 Å². The van der Waals surface area contributed by atoms with Gasteiger partial charge in [-0.05, 0) is 68.7 Å². The van der Waals surface area contributed by atoms with E-state index in [9.17, 15) is 18.0 Å². The normalized spacial score (nSPS) is 12.0. The Balaban J connectivity index is 1.94. The SMILES string of the molecule is CCCCNC(=O)[C@@H](C)N(CCc1ccccc1)C(=O)CN(c1ccc(Cl)cc1)S(=O)(=O)c1ccc(C)cc1. The van der Waals surface area contributed by atoms with E-state index in [2.05, 4.69) is 5.32 Å². The zero-order chi connectivity index (χ0) is 28.4. The predicted molar refractivity (Wildman–Crippen MR) is 156 cm³/mol. The third-order valence-corrected chi connectivity index (χ3v) is 8.52. The van der Waals surface area contributed by atoms with E-state index in [1.54, 1.807) is 43.3 Å². The van der Waals surface area contributed by atoms with E-state index in [4.69, 9.17) is 11.6 Å². The molecular weight excluding hydrogens is 534 g/mol. The van der Waals surface area contributed by atoms with Gasteiger partial charge in [0.2, 0.25) is 11.8 Å². The minimum absolute atomic E-state index is 0.0667. The quantitative estimate of drug-likeness (QED) is 0.286. The van der Waals surface area contributed by atoms with Gasteiger partial charge in [0.1, 0.15) is 12.6 Å². The van der Waals surface area contributed by atoms with Crippen molar-refractivity contribution in [1.82, 2.24) is 10.2 Å². The number of benzene rings is 3. The van der Waals surface area contributed by atoms with Crippen LogP contribution in [-0.4, -0.2) is 50.8 Å². The number of aryl methyl sites for hydroxylation is 1. The molecule has 1 atom stereocenters. The first-order valence-corrected chi connectivity index (χ1v) is 14.9. The molecule has 9 heteroatoms. The summed E-state index contributed by atoms with van der Waals surface area (Å²) < 4.78 is 28.7. The van der Waals surface area contributed by atoms with Gasteiger partial charge in [0, 0.05) is 18.1 Å². The fourth-order valence-corrected chi connectivity index (χ4v) is 5.62. The van der Waals surface area contributed by atoms with E-state index in [1.807, 2.05) is 44.2 Å². The molecule has 0 heterocycles. The molecule has 0 bridgehead atoms. The van der Waals surface area contributed by atoms with Crippen LogP contribution in [-0.2, 0) is 26.0 Å². The number of amides is 2. The summed E-state index contributed by atoms with van der Waals surface area (Å²) in [6.07, 6.45) is 2.28. The summed E-state index contributed by atoms with van der Waals surface area (Å²) in [4.78, 5) is 28.3. The fourth-order valence-electron chi connectivity index (χ4n) is 4.08. The Kier molecular flexibility index (Phi) is 10.9. The summed E-state index contributed by atoms with van der Waals surface area (Å²) in [6.45, 7) is 5.87. The van der Waals surface area contributed by atoms with Crippen molar-refractivity contribution in [3.05, 3.63) is 95.0 Å². The third kappa shape index (κ3) is 8.31. The summed E-state index contributed by atoms with van der Waals surface area (Å²) in [5, 5.41) is 3.33. The van der Waals surface area contributed by atoms with Crippen LogP contribution in [0.1, 0.15) is 37.8 Å². The molecule has 0 aliphatic heterocycles. The number of carbonyl (C=O) groups is 2. The summed E-state index contributed by atoms with van der Waals surface area (Å²) >= 11 is 6.06. The van der Waals surface area contributed by atoms with E-state index in [-0.39, 0.29) is 17.3 Å². The van der Waals surface area contributed by atoms with E-state index >= 15 is 0 Å². The molecule has 0 fully saturated rings. The second-order valence-corrected chi connectivity index (χ2v) is 11.7. The lowest BCUT2D eigenvalue weighted by atomic mass is 10.1. The Morgan fingerprint density at radius 2 is 1.59 bits per heavy atom. The highest BCUT2D eigenvalue weighted by Crippen LogP contribution is 2.26. The number of sulfonamides is 1. The van der Waals surface area contributed by atoms with Crippen LogP contribution in [0.15, 0.2) is 83.8 Å². The van der Waals surface area contributed by atoms with Crippen LogP contribution < -0.4 is 9.62 Å². The first-order chi connectivity index (χ1) is 18.6. The van der Waals surface area contributed by atoms with E-state index in [1.165, 1.54) is 17.0 Å². The fraction of sp³-hybridized carbons (Fsp3) is 0.333. The van der Waals surface area contributed by atoms with Crippen molar-refractivity contribution < 1.29 is 18.0 Å². The van der Waals surface area contributed by atoms with Crippen molar-refractivity contribution in [2.45, 2.75) is 51.0 Å². The largest absolute Gasteiger partial charge is 0.354 e. The van der Waals surface area contributed by atoms with Crippen LogP contribution in [0, 0.1) is 6.92 Å². The van der Waals surface area contributed by atoms with Gasteiger partial charge in [0.15, 0.2) is 0 Å². The molecule has 0 aromatic heterocycles. The minimum Gasteiger partial charge on any atom is -0.354 e. The highest BCUT2D eigenvalue weighted by Gasteiger charge is 2.32. The first kappa shape index (κ1) is 30.2. The lowest BCUT2D eigenvalue weighted by Crippen LogP contribution is -2.52. The monoisotopic (exact) mass is 569 g/mol. The molecule has 0 saturated carbocycles. The highest BCUT2D eigenvalue weighted by molar-refractivity contribution is 7.92. The zero-order valence-electron chi connectivity index (χ0n) is 22.6. The summed E-state index contributed by atoms with van der Waals surface area (Å²) in [6, 6.07) is 21.6. The maximum atomic E-state index is 13.8. The molecule has 3 aromatic carbocycles. The second kappa shape index (κ2) is 14.1. The number of rotatable bonds is 13. The van der Waals surface area contributed by atoms with Gasteiger partial charge in [0.25, 0.3) is 10.0 Å². The molecular formula is C30H36ClN3O4S. The number of unbranched alkanes of at least 4 members (excludes halogenated alkanes) is 1. The van der Waals surface area contributed by atoms with E-state index in [0.29, 0.717) is 23.7 Å². The van der Waals surface area contributed by atoms with Crippen molar-refractivity contribution in [2.75, 3.05) is 23.9 Å². The molecule has 0 aliphatic rings. The highest BCUT2D eigenvalue weighted by atomic mass is 35.5. The summed E-state index contributed by atoms with van der Waals surface area (Å²) in [5.74, 6) is -0.751. The number of nitrogens with zero attached hydrogens (tertiary/aromatic N) is 2. The molecule has 1 N–H and O–H groups in total. The van der Waals surface area contributed by atoms with Crippen molar-refractivity contribution >= 4 is 39.1 Å². The molecule has 2 amide bonds. The van der Waals surface area contributed by atoms with Gasteiger partial charge < -0.3 is 10.2 Å². The molecule has 7 nitrogen and oxygen atoms in total. The number of nitrogens with one attached hydrogen (secondary N) is 1. The molecule has 39 heavy (non-hydrogen) atoms. The predicted octanol–water partition coefficient (Wildman–Crippen LogP) is 5.22. The van der Waals surface area contributed by atoms with Gasteiger partial charge in [0.05, 0.1) is 10.6 Å². The molecule has 3 rings (SSSR count). The number of halogens is 1. The molecule has 0 radical (unpaired) electrons. The Bertz CT molecular complexity index is 1330. The van der Waals surface area contributed by atoms with Gasteiger partial charge >= 0.3 is 0 Å². The Labute approximate surface area is 236 Å². The number of hydrogen-bond acceptors (Lipinski definition) is 4. The van der Waals surface area contributed by atoms with Gasteiger partial charge in [-0.3, -0.25) is 13.9 Å². The molecule has 0 spiro atoms. The number of carbonyl (C=O) groups excluding carboxylic acids is 2. The zero-order valence-corrected chi connectivity index (χ0v) is 24.2. The second-order valence-electron chi connectivity index (χ2n) is 9.44. The van der Waals surface area contributed by atoms with E-state index in [0.717, 1.165) is 28.3 Å². The molecule has 3 aromatic rings. The maximum Gasteiger partial charge on any atom is 0.264 e. The smallest absolute Gasteiger partial charge is 0.264 e. The average Bonchev–Trinajstić information content (AvgIpc) is 2.93. The standard InChI is InChI=1S/C30H36ClN3O4S/c1-4-5-20-32-30(36)24(3)33(21-19-25-9-7-6-8-10-25)29(35)22-34(27-15-13-26(31)14-16-27)39(37,38)28-17-11-23(2)12-18-28/h6-18,24H,4-5,19-22H2,1-3H3,(H,32,36)/t24-/m1/s1. The van der Waals surface area contributed by atoms with Crippen LogP contribution in [0.4, 0.5) is 5.69 Å². The van der Waals surface area contributed by atoms with Crippen LogP contribution in [0.25, 0.3) is 0 Å². The van der Waals surface area contributed by atoms with Crippen LogP contribution >= 0.6 is 11.6 Å². The maximum absolute atomic E-state index is 13.8. The van der Waals surface area contributed by atoms with E-state index < -0.39 is 28.5 Å². The number of anilines is 1. The minimum atomic E-state index is -4.10. The van der Waals surface area contributed by atoms with Crippen molar-refractivity contribution in [2.24, 2.45) is 0 Å². The topological polar surface area (TPSA) is 86.8 Å². The van der Waals surface area contributed by atoms with Crippen molar-refractivity contribution in [3.8, 4) is 0 Å². The Morgan fingerprint density at radius 1 is 0.949 bits per heavy atom. The molecule has 0 aliphatic carbocycles. The molecule has 0 saturated heterocycles. The Morgan fingerprint density at radius 3 is 2.21 bits per heavy atom. The number of hydrogen-bond donors (Lipinski definition) is 1. The van der Waals surface area contributed by atoms with Crippen molar-refractivity contribution in [1.29, 1.82) is 0 Å². The molecule has 208 valence electrons. The van der Waals surface area contributed by atoms with Gasteiger partial charge in [-0.1, -0.05) is 73.0 Å². The van der Waals surface area contributed by atoms with Crippen LogP contribution in [0.3, 0.4) is 0 Å². The lowest BCUT2D eigenvalue weighted by molar-refractivity contribution is -0.138. The van der Waals surface area contributed by atoms with Gasteiger partial charge in [-0.25, -0.2) is 8.42 Å². The summed E-state index contributed by atoms with van der Waals surface area (Å²) in [5.41, 5.74) is 2.23. The summed E-state index contributed by atoms with van der Waals surface area (Å²) in [7, 11) is -4.10. The van der Waals surface area contributed by atoms with Crippen molar-refractivity contribution in [3.63, 3.8) is 0 Å². The average molecular weight is 570 g/mol. The van der Waals surface area contributed by atoms with Crippen LogP contribution in [0.5, 0.6) is 0 Å².